The molecule has 0 atom stereocenters. The lowest BCUT2D eigenvalue weighted by atomic mass is 10.3. The van der Waals surface area contributed by atoms with E-state index in [4.69, 9.17) is 11.6 Å². The molecule has 1 aromatic rings. The summed E-state index contributed by atoms with van der Waals surface area (Å²) in [7, 11) is 0. The molecule has 0 aliphatic heterocycles. The van der Waals surface area contributed by atoms with Gasteiger partial charge in [0.15, 0.2) is 0 Å². The average Bonchev–Trinajstić information content (AvgIpc) is 2.21. The maximum Gasteiger partial charge on any atom is 0.137 e. The quantitative estimate of drug-likeness (QED) is 0.785. The van der Waals surface area contributed by atoms with E-state index in [9.17, 15) is 0 Å². The first-order valence-electron chi connectivity index (χ1n) is 5.45. The van der Waals surface area contributed by atoms with Crippen LogP contribution in [0.1, 0.15) is 38.1 Å². The van der Waals surface area contributed by atoms with Crippen molar-refractivity contribution in [2.75, 3.05) is 11.9 Å². The summed E-state index contributed by atoms with van der Waals surface area (Å²) in [6, 6.07) is 0. The first kappa shape index (κ1) is 12.2. The van der Waals surface area contributed by atoms with Gasteiger partial charge in [0.05, 0.1) is 0 Å². The average molecular weight is 228 g/mol. The summed E-state index contributed by atoms with van der Waals surface area (Å²) in [4.78, 5) is 8.70. The number of rotatable bonds is 5. The summed E-state index contributed by atoms with van der Waals surface area (Å²) in [5, 5.41) is 3.83. The van der Waals surface area contributed by atoms with Gasteiger partial charge in [-0.3, -0.25) is 0 Å². The zero-order valence-electron chi connectivity index (χ0n) is 9.60. The van der Waals surface area contributed by atoms with Crippen LogP contribution in [-0.4, -0.2) is 16.5 Å². The largest absolute Gasteiger partial charge is 0.370 e. The van der Waals surface area contributed by atoms with Crippen molar-refractivity contribution in [3.63, 3.8) is 0 Å². The number of anilines is 1. The number of aromatic nitrogens is 2. The van der Waals surface area contributed by atoms with Crippen LogP contribution in [0, 0.1) is 6.92 Å². The molecule has 3 nitrogen and oxygen atoms in total. The number of hydrogen-bond acceptors (Lipinski definition) is 3. The standard InChI is InChI=1S/C11H18ClN3/c1-4-6-9-14-10(12)8(3)11(15-9)13-7-5-2/h4-7H2,1-3H3,(H,13,14,15). The first-order valence-corrected chi connectivity index (χ1v) is 5.83. The van der Waals surface area contributed by atoms with Gasteiger partial charge in [-0.2, -0.15) is 0 Å². The number of hydrogen-bond donors (Lipinski definition) is 1. The third-order valence-electron chi connectivity index (χ3n) is 2.15. The minimum atomic E-state index is 0.562. The fraction of sp³-hybridized carbons (Fsp3) is 0.636. The van der Waals surface area contributed by atoms with Crippen LogP contribution in [0.15, 0.2) is 0 Å². The Bertz CT molecular complexity index is 326. The van der Waals surface area contributed by atoms with Gasteiger partial charge in [-0.25, -0.2) is 9.97 Å². The van der Waals surface area contributed by atoms with Crippen molar-refractivity contribution in [1.29, 1.82) is 0 Å². The lowest BCUT2D eigenvalue weighted by molar-refractivity contribution is 0.828. The summed E-state index contributed by atoms with van der Waals surface area (Å²) in [6.07, 6.45) is 2.98. The Labute approximate surface area is 96.3 Å². The van der Waals surface area contributed by atoms with E-state index in [2.05, 4.69) is 29.1 Å². The Kier molecular flexibility index (Phi) is 4.82. The highest BCUT2D eigenvalue weighted by Gasteiger charge is 2.07. The molecule has 0 spiro atoms. The maximum absolute atomic E-state index is 6.04. The Hall–Kier alpha value is -0.830. The van der Waals surface area contributed by atoms with Gasteiger partial charge in [0.25, 0.3) is 0 Å². The van der Waals surface area contributed by atoms with Gasteiger partial charge >= 0.3 is 0 Å². The van der Waals surface area contributed by atoms with Crippen LogP contribution in [0.5, 0.6) is 0 Å². The second-order valence-corrected chi connectivity index (χ2v) is 3.94. The molecule has 0 unspecified atom stereocenters. The van der Waals surface area contributed by atoms with E-state index in [0.717, 1.165) is 43.0 Å². The van der Waals surface area contributed by atoms with E-state index in [-0.39, 0.29) is 0 Å². The Morgan fingerprint density at radius 2 is 1.93 bits per heavy atom. The van der Waals surface area contributed by atoms with Crippen LogP contribution < -0.4 is 5.32 Å². The number of halogens is 1. The minimum Gasteiger partial charge on any atom is -0.370 e. The number of nitrogens with one attached hydrogen (secondary N) is 1. The van der Waals surface area contributed by atoms with Crippen molar-refractivity contribution >= 4 is 17.4 Å². The SMILES string of the molecule is CCCNc1nc(CCC)nc(Cl)c1C. The van der Waals surface area contributed by atoms with E-state index in [0.29, 0.717) is 5.15 Å². The molecule has 1 rings (SSSR count). The fourth-order valence-corrected chi connectivity index (χ4v) is 1.47. The van der Waals surface area contributed by atoms with Crippen LogP contribution in [0.4, 0.5) is 5.82 Å². The second-order valence-electron chi connectivity index (χ2n) is 3.58. The van der Waals surface area contributed by atoms with Crippen molar-refractivity contribution in [2.45, 2.75) is 40.0 Å². The van der Waals surface area contributed by atoms with Crippen molar-refractivity contribution < 1.29 is 0 Å². The van der Waals surface area contributed by atoms with Crippen molar-refractivity contribution in [3.05, 3.63) is 16.5 Å². The van der Waals surface area contributed by atoms with Crippen LogP contribution in [0.3, 0.4) is 0 Å². The van der Waals surface area contributed by atoms with Crippen LogP contribution in [0.25, 0.3) is 0 Å². The molecule has 0 aliphatic carbocycles. The minimum absolute atomic E-state index is 0.562. The van der Waals surface area contributed by atoms with Gasteiger partial charge in [0, 0.05) is 18.5 Å². The highest BCUT2D eigenvalue weighted by molar-refractivity contribution is 6.30. The van der Waals surface area contributed by atoms with Crippen LogP contribution in [-0.2, 0) is 6.42 Å². The summed E-state index contributed by atoms with van der Waals surface area (Å²) < 4.78 is 0. The molecule has 0 amide bonds. The molecule has 0 aliphatic rings. The fourth-order valence-electron chi connectivity index (χ4n) is 1.28. The van der Waals surface area contributed by atoms with Gasteiger partial charge in [-0.1, -0.05) is 25.4 Å². The summed E-state index contributed by atoms with van der Waals surface area (Å²) in [5.41, 5.74) is 0.935. The topological polar surface area (TPSA) is 37.8 Å². The molecule has 0 fully saturated rings. The molecular weight excluding hydrogens is 210 g/mol. The second kappa shape index (κ2) is 5.91. The van der Waals surface area contributed by atoms with Crippen LogP contribution in [0.2, 0.25) is 5.15 Å². The molecule has 0 radical (unpaired) electrons. The van der Waals surface area contributed by atoms with E-state index in [1.165, 1.54) is 0 Å². The van der Waals surface area contributed by atoms with E-state index in [1.54, 1.807) is 0 Å². The number of aryl methyl sites for hydroxylation is 1. The molecule has 84 valence electrons. The third-order valence-corrected chi connectivity index (χ3v) is 2.52. The Morgan fingerprint density at radius 3 is 2.53 bits per heavy atom. The molecule has 1 heterocycles. The highest BCUT2D eigenvalue weighted by Crippen LogP contribution is 2.20. The molecule has 4 heteroatoms. The van der Waals surface area contributed by atoms with Crippen molar-refractivity contribution in [1.82, 2.24) is 9.97 Å². The molecule has 1 aromatic heterocycles. The van der Waals surface area contributed by atoms with Gasteiger partial charge in [0.2, 0.25) is 0 Å². The molecule has 15 heavy (non-hydrogen) atoms. The molecule has 0 aromatic carbocycles. The predicted molar refractivity (Wildman–Crippen MR) is 64.6 cm³/mol. The lowest BCUT2D eigenvalue weighted by Gasteiger charge is -2.10. The Morgan fingerprint density at radius 1 is 1.20 bits per heavy atom. The smallest absolute Gasteiger partial charge is 0.137 e. The monoisotopic (exact) mass is 227 g/mol. The molecular formula is C11H18ClN3. The van der Waals surface area contributed by atoms with Gasteiger partial charge in [0.1, 0.15) is 16.8 Å². The summed E-state index contributed by atoms with van der Waals surface area (Å²) in [6.45, 7) is 7.09. The van der Waals surface area contributed by atoms with Gasteiger partial charge < -0.3 is 5.32 Å². The zero-order valence-corrected chi connectivity index (χ0v) is 10.4. The molecule has 0 bridgehead atoms. The van der Waals surface area contributed by atoms with E-state index in [1.807, 2.05) is 6.92 Å². The normalized spacial score (nSPS) is 10.4. The highest BCUT2D eigenvalue weighted by atomic mass is 35.5. The molecule has 0 saturated heterocycles. The summed E-state index contributed by atoms with van der Waals surface area (Å²) in [5.74, 6) is 1.70. The van der Waals surface area contributed by atoms with Crippen molar-refractivity contribution in [2.24, 2.45) is 0 Å². The molecule has 1 N–H and O–H groups in total. The third kappa shape index (κ3) is 3.34. The number of nitrogens with zero attached hydrogens (tertiary/aromatic N) is 2. The van der Waals surface area contributed by atoms with E-state index < -0.39 is 0 Å². The van der Waals surface area contributed by atoms with Crippen LogP contribution >= 0.6 is 11.6 Å². The Balaban J connectivity index is 2.91. The lowest BCUT2D eigenvalue weighted by Crippen LogP contribution is -2.07. The van der Waals surface area contributed by atoms with Crippen molar-refractivity contribution in [3.8, 4) is 0 Å². The molecule has 0 saturated carbocycles. The first-order chi connectivity index (χ1) is 7.19. The maximum atomic E-state index is 6.04. The summed E-state index contributed by atoms with van der Waals surface area (Å²) >= 11 is 6.04. The zero-order chi connectivity index (χ0) is 11.3. The van der Waals surface area contributed by atoms with Gasteiger partial charge in [-0.15, -0.1) is 0 Å². The predicted octanol–water partition coefficient (Wildman–Crippen LogP) is 3.21. The van der Waals surface area contributed by atoms with E-state index >= 15 is 0 Å². The van der Waals surface area contributed by atoms with Gasteiger partial charge in [-0.05, 0) is 19.8 Å².